The predicted molar refractivity (Wildman–Crippen MR) is 54.6 cm³/mol. The van der Waals surface area contributed by atoms with E-state index in [4.69, 9.17) is 0 Å². The maximum Gasteiger partial charge on any atom is 0.0376 e. The van der Waals surface area contributed by atoms with E-state index in [9.17, 15) is 0 Å². The van der Waals surface area contributed by atoms with Crippen LogP contribution in [0.1, 0.15) is 26.8 Å². The van der Waals surface area contributed by atoms with Gasteiger partial charge in [0.25, 0.3) is 0 Å². The molecule has 66 valence electrons. The third-order valence-electron chi connectivity index (χ3n) is 2.68. The molecule has 1 aromatic rings. The number of nitrogens with one attached hydrogen (secondary N) is 1. The lowest BCUT2D eigenvalue weighted by molar-refractivity contribution is 0.533. The van der Waals surface area contributed by atoms with Gasteiger partial charge in [0.1, 0.15) is 0 Å². The molecule has 1 aliphatic rings. The van der Waals surface area contributed by atoms with Crippen molar-refractivity contribution in [3.8, 4) is 0 Å². The van der Waals surface area contributed by atoms with Crippen molar-refractivity contribution in [1.29, 1.82) is 0 Å². The molecule has 1 heteroatoms. The van der Waals surface area contributed by atoms with Gasteiger partial charge in [0.15, 0.2) is 0 Å². The first kappa shape index (κ1) is 7.66. The molecule has 1 unspecified atom stereocenters. The van der Waals surface area contributed by atoms with Crippen LogP contribution in [-0.2, 0) is 0 Å². The SMILES string of the molecule is CC(C)C1CNc2ccccc21.[HH]. The molecule has 0 aromatic heterocycles. The lowest BCUT2D eigenvalue weighted by atomic mass is 9.90. The molecule has 0 fully saturated rings. The maximum absolute atomic E-state index is 3.43. The van der Waals surface area contributed by atoms with E-state index in [2.05, 4.69) is 43.4 Å². The fourth-order valence-corrected chi connectivity index (χ4v) is 1.91. The monoisotopic (exact) mass is 163 g/mol. The molecule has 1 nitrogen and oxygen atoms in total. The molecule has 0 spiro atoms. The minimum absolute atomic E-state index is 0. The molecule has 0 saturated heterocycles. The fourth-order valence-electron chi connectivity index (χ4n) is 1.91. The van der Waals surface area contributed by atoms with Crippen molar-refractivity contribution in [3.05, 3.63) is 29.8 Å². The number of rotatable bonds is 1. The molecule has 1 atom stereocenters. The van der Waals surface area contributed by atoms with Crippen molar-refractivity contribution < 1.29 is 1.43 Å². The average Bonchev–Trinajstić information content (AvgIpc) is 2.47. The fraction of sp³-hybridized carbons (Fsp3) is 0.455. The van der Waals surface area contributed by atoms with Crippen LogP contribution in [0.4, 0.5) is 5.69 Å². The van der Waals surface area contributed by atoms with E-state index in [1.807, 2.05) is 0 Å². The maximum atomic E-state index is 3.43. The van der Waals surface area contributed by atoms with Gasteiger partial charge in [0.2, 0.25) is 0 Å². The van der Waals surface area contributed by atoms with Gasteiger partial charge in [-0.2, -0.15) is 0 Å². The second-order valence-electron chi connectivity index (χ2n) is 3.82. The molecule has 0 radical (unpaired) electrons. The van der Waals surface area contributed by atoms with Crippen molar-refractivity contribution in [2.45, 2.75) is 19.8 Å². The summed E-state index contributed by atoms with van der Waals surface area (Å²) in [6.45, 7) is 5.68. The Labute approximate surface area is 75.3 Å². The zero-order valence-electron chi connectivity index (χ0n) is 7.67. The Kier molecular flexibility index (Phi) is 1.80. The highest BCUT2D eigenvalue weighted by atomic mass is 14.9. The first-order valence-electron chi connectivity index (χ1n) is 4.62. The molecule has 1 heterocycles. The first-order valence-corrected chi connectivity index (χ1v) is 4.62. The van der Waals surface area contributed by atoms with Crippen LogP contribution in [0.5, 0.6) is 0 Å². The highest BCUT2D eigenvalue weighted by molar-refractivity contribution is 5.57. The van der Waals surface area contributed by atoms with E-state index >= 15 is 0 Å². The lowest BCUT2D eigenvalue weighted by Crippen LogP contribution is -2.08. The topological polar surface area (TPSA) is 12.0 Å². The van der Waals surface area contributed by atoms with Crippen molar-refractivity contribution in [2.24, 2.45) is 5.92 Å². The lowest BCUT2D eigenvalue weighted by Gasteiger charge is -2.13. The number of hydrogen-bond donors (Lipinski definition) is 1. The van der Waals surface area contributed by atoms with E-state index < -0.39 is 0 Å². The zero-order chi connectivity index (χ0) is 8.55. The molecule has 1 N–H and O–H groups in total. The normalized spacial score (nSPS) is 20.8. The Bertz CT molecular complexity index is 283. The molecular weight excluding hydrogens is 146 g/mol. The van der Waals surface area contributed by atoms with Gasteiger partial charge in [-0.05, 0) is 17.5 Å². The van der Waals surface area contributed by atoms with Crippen LogP contribution >= 0.6 is 0 Å². The van der Waals surface area contributed by atoms with E-state index in [1.54, 1.807) is 0 Å². The predicted octanol–water partition coefficient (Wildman–Crippen LogP) is 3.10. The van der Waals surface area contributed by atoms with Gasteiger partial charge in [-0.15, -0.1) is 0 Å². The molecular formula is C11H17N. The average molecular weight is 163 g/mol. The van der Waals surface area contributed by atoms with Crippen LogP contribution < -0.4 is 5.32 Å². The summed E-state index contributed by atoms with van der Waals surface area (Å²) in [7, 11) is 0. The van der Waals surface area contributed by atoms with Crippen LogP contribution in [0.25, 0.3) is 0 Å². The summed E-state index contributed by atoms with van der Waals surface area (Å²) in [5.41, 5.74) is 2.82. The van der Waals surface area contributed by atoms with Crippen LogP contribution in [0.3, 0.4) is 0 Å². The van der Waals surface area contributed by atoms with Crippen LogP contribution in [0, 0.1) is 5.92 Å². The molecule has 0 saturated carbocycles. The Balaban J connectivity index is 0.000000845. The summed E-state index contributed by atoms with van der Waals surface area (Å²) in [6.07, 6.45) is 0. The van der Waals surface area contributed by atoms with Crippen LogP contribution in [-0.4, -0.2) is 6.54 Å². The summed E-state index contributed by atoms with van der Waals surface area (Å²) in [6, 6.07) is 8.62. The van der Waals surface area contributed by atoms with Crippen LogP contribution in [0.2, 0.25) is 0 Å². The smallest absolute Gasteiger partial charge is 0.0376 e. The Morgan fingerprint density at radius 2 is 2.17 bits per heavy atom. The van der Waals surface area contributed by atoms with Crippen molar-refractivity contribution >= 4 is 5.69 Å². The van der Waals surface area contributed by atoms with E-state index in [-0.39, 0.29) is 1.43 Å². The Morgan fingerprint density at radius 3 is 2.92 bits per heavy atom. The Hall–Kier alpha value is -0.980. The second kappa shape index (κ2) is 2.81. The molecule has 2 rings (SSSR count). The largest absolute Gasteiger partial charge is 0.384 e. The van der Waals surface area contributed by atoms with Crippen molar-refractivity contribution in [3.63, 3.8) is 0 Å². The van der Waals surface area contributed by atoms with Crippen molar-refractivity contribution in [2.75, 3.05) is 11.9 Å². The van der Waals surface area contributed by atoms with Gasteiger partial charge in [-0.1, -0.05) is 32.0 Å². The van der Waals surface area contributed by atoms with Gasteiger partial charge in [-0.25, -0.2) is 0 Å². The zero-order valence-corrected chi connectivity index (χ0v) is 7.67. The number of para-hydroxylation sites is 1. The summed E-state index contributed by atoms with van der Waals surface area (Å²) >= 11 is 0. The summed E-state index contributed by atoms with van der Waals surface area (Å²) < 4.78 is 0. The molecule has 0 amide bonds. The summed E-state index contributed by atoms with van der Waals surface area (Å²) in [4.78, 5) is 0. The minimum Gasteiger partial charge on any atom is -0.384 e. The molecule has 12 heavy (non-hydrogen) atoms. The minimum atomic E-state index is 0. The van der Waals surface area contributed by atoms with Gasteiger partial charge in [-0.3, -0.25) is 0 Å². The van der Waals surface area contributed by atoms with Crippen LogP contribution in [0.15, 0.2) is 24.3 Å². The number of fused-ring (bicyclic) bond motifs is 1. The molecule has 0 aliphatic carbocycles. The molecule has 0 bridgehead atoms. The van der Waals surface area contributed by atoms with E-state index in [0.717, 1.165) is 12.5 Å². The third kappa shape index (κ3) is 1.09. The highest BCUT2D eigenvalue weighted by Gasteiger charge is 2.23. The summed E-state index contributed by atoms with van der Waals surface area (Å²) in [5.74, 6) is 1.45. The molecule has 1 aliphatic heterocycles. The van der Waals surface area contributed by atoms with E-state index in [0.29, 0.717) is 5.92 Å². The standard InChI is InChI=1S/C11H15N.H2/c1-8(2)10-7-12-11-6-4-3-5-9(10)11;/h3-6,8,10,12H,7H2,1-2H3;1H. The number of anilines is 1. The summed E-state index contributed by atoms with van der Waals surface area (Å²) in [5, 5.41) is 3.43. The highest BCUT2D eigenvalue weighted by Crippen LogP contribution is 2.35. The second-order valence-corrected chi connectivity index (χ2v) is 3.82. The van der Waals surface area contributed by atoms with Gasteiger partial charge in [0.05, 0.1) is 0 Å². The first-order chi connectivity index (χ1) is 5.79. The van der Waals surface area contributed by atoms with Gasteiger partial charge < -0.3 is 5.32 Å². The third-order valence-corrected chi connectivity index (χ3v) is 2.68. The molecule has 1 aromatic carbocycles. The van der Waals surface area contributed by atoms with Crippen molar-refractivity contribution in [1.82, 2.24) is 0 Å². The quantitative estimate of drug-likeness (QED) is 0.670. The number of hydrogen-bond acceptors (Lipinski definition) is 1. The van der Waals surface area contributed by atoms with Gasteiger partial charge in [0, 0.05) is 19.6 Å². The van der Waals surface area contributed by atoms with E-state index in [1.165, 1.54) is 11.3 Å². The Morgan fingerprint density at radius 1 is 1.42 bits per heavy atom. The number of benzene rings is 1. The van der Waals surface area contributed by atoms with Gasteiger partial charge >= 0.3 is 0 Å².